The summed E-state index contributed by atoms with van der Waals surface area (Å²) in [6.45, 7) is 25.3. The molecule has 0 unspecified atom stereocenters. The Balaban J connectivity index is 1.93. The molecule has 0 spiro atoms. The van der Waals surface area contributed by atoms with Gasteiger partial charge in [-0.3, -0.25) is 0 Å². The molecule has 0 N–H and O–H groups in total. The number of methoxy groups -OCH3 is 2. The minimum atomic E-state index is -0.356. The molecule has 0 aliphatic heterocycles. The van der Waals surface area contributed by atoms with Crippen LogP contribution in [0.4, 0.5) is 0 Å². The first kappa shape index (κ1) is 40.0. The molecule has 0 bridgehead atoms. The van der Waals surface area contributed by atoms with Gasteiger partial charge in [0.05, 0.1) is 0 Å². The van der Waals surface area contributed by atoms with Crippen molar-refractivity contribution >= 4 is 37.2 Å². The summed E-state index contributed by atoms with van der Waals surface area (Å²) in [6, 6.07) is 20.8. The van der Waals surface area contributed by atoms with Crippen molar-refractivity contribution in [1.29, 1.82) is 0 Å². The van der Waals surface area contributed by atoms with Gasteiger partial charge in [-0.1, -0.05) is 0 Å². The van der Waals surface area contributed by atoms with Gasteiger partial charge in [-0.05, 0) is 0 Å². The average Bonchev–Trinajstić information content (AvgIpc) is 3.53. The Bertz CT molecular complexity index is 1920. The first-order valence-electron chi connectivity index (χ1n) is 18.4. The maximum absolute atomic E-state index is 14.1. The van der Waals surface area contributed by atoms with Crippen LogP contribution in [0.2, 0.25) is 0 Å². The van der Waals surface area contributed by atoms with Crippen LogP contribution >= 0.6 is 0 Å². The number of benzene rings is 2. The molecule has 5 rings (SSSR count). The molecule has 0 atom stereocenters. The van der Waals surface area contributed by atoms with Crippen molar-refractivity contribution in [2.45, 2.75) is 83.1 Å². The number of carbonyl (C=O) groups excluding carboxylic acids is 2. The van der Waals surface area contributed by atoms with Gasteiger partial charge in [0.2, 0.25) is 0 Å². The van der Waals surface area contributed by atoms with Crippen molar-refractivity contribution in [1.82, 2.24) is 0 Å². The zero-order valence-corrected chi connectivity index (χ0v) is 35.8. The second-order valence-electron chi connectivity index (χ2n) is 18.1. The molecule has 0 amide bonds. The third-order valence-electron chi connectivity index (χ3n) is 9.84. The van der Waals surface area contributed by atoms with E-state index in [4.69, 9.17) is 9.47 Å². The molecule has 53 heavy (non-hydrogen) atoms. The second-order valence-corrected chi connectivity index (χ2v) is 20.4. The molecular formula is C48H56O4Se. The van der Waals surface area contributed by atoms with E-state index in [1.54, 1.807) is 14.2 Å². The first-order chi connectivity index (χ1) is 24.6. The predicted octanol–water partition coefficient (Wildman–Crippen LogP) is 11.4. The van der Waals surface area contributed by atoms with E-state index in [9.17, 15) is 9.59 Å². The van der Waals surface area contributed by atoms with Gasteiger partial charge in [0.25, 0.3) is 0 Å². The maximum atomic E-state index is 14.1. The number of para-hydroxylation sites is 2. The van der Waals surface area contributed by atoms with Crippen LogP contribution < -0.4 is 9.47 Å². The van der Waals surface area contributed by atoms with Gasteiger partial charge in [-0.25, -0.2) is 0 Å². The van der Waals surface area contributed by atoms with Crippen LogP contribution in [-0.4, -0.2) is 40.3 Å². The van der Waals surface area contributed by atoms with E-state index in [1.807, 2.05) is 36.4 Å². The third-order valence-corrected chi connectivity index (χ3v) is 12.2. The second kappa shape index (κ2) is 14.6. The number of hydrogen-bond donors (Lipinski definition) is 0. The summed E-state index contributed by atoms with van der Waals surface area (Å²) in [6.07, 6.45) is 8.43. The molecule has 2 aliphatic carbocycles. The summed E-state index contributed by atoms with van der Waals surface area (Å²) < 4.78 is 14.4. The van der Waals surface area contributed by atoms with Gasteiger partial charge in [0.15, 0.2) is 0 Å². The molecule has 0 saturated heterocycles. The first-order valence-corrected chi connectivity index (χ1v) is 20.1. The molecule has 0 radical (unpaired) electrons. The number of hydrogen-bond acceptors (Lipinski definition) is 4. The number of rotatable bonds is 6. The van der Waals surface area contributed by atoms with Crippen molar-refractivity contribution in [2.24, 2.45) is 21.7 Å². The van der Waals surface area contributed by atoms with Gasteiger partial charge in [-0.15, -0.1) is 0 Å². The van der Waals surface area contributed by atoms with Crippen LogP contribution in [0.15, 0.2) is 118 Å². The molecule has 1 aromatic heterocycles. The molecule has 2 aromatic carbocycles. The van der Waals surface area contributed by atoms with Crippen LogP contribution in [0.3, 0.4) is 0 Å². The van der Waals surface area contributed by atoms with E-state index in [0.717, 1.165) is 67.2 Å². The Labute approximate surface area is 323 Å². The van der Waals surface area contributed by atoms with Crippen LogP contribution in [0.1, 0.15) is 103 Å². The number of carbonyl (C=O) groups is 2. The van der Waals surface area contributed by atoms with Gasteiger partial charge in [0.1, 0.15) is 0 Å². The molecule has 0 saturated carbocycles. The molecule has 3 aromatic rings. The van der Waals surface area contributed by atoms with E-state index < -0.39 is 0 Å². The van der Waals surface area contributed by atoms with E-state index in [1.165, 1.54) is 8.87 Å². The number of Topliss-reactive ketones (excluding diaryl/α,β-unsaturated/α-hetero) is 2. The fourth-order valence-corrected chi connectivity index (χ4v) is 9.40. The van der Waals surface area contributed by atoms with E-state index in [-0.39, 0.29) is 47.7 Å². The van der Waals surface area contributed by atoms with Crippen molar-refractivity contribution in [3.05, 3.63) is 138 Å². The number of ether oxygens (including phenoxy) is 2. The molecule has 4 nitrogen and oxygen atoms in total. The molecule has 2 aliphatic rings. The quantitative estimate of drug-likeness (QED) is 0.234. The Hall–Kier alpha value is -4.18. The summed E-state index contributed by atoms with van der Waals surface area (Å²) >= 11 is -0.188. The summed E-state index contributed by atoms with van der Waals surface area (Å²) in [7, 11) is 3.42. The van der Waals surface area contributed by atoms with Gasteiger partial charge in [-0.2, -0.15) is 0 Å². The molecule has 0 fully saturated rings. The van der Waals surface area contributed by atoms with Crippen molar-refractivity contribution < 1.29 is 19.1 Å². The zero-order chi connectivity index (χ0) is 39.3. The fourth-order valence-electron chi connectivity index (χ4n) is 6.94. The monoisotopic (exact) mass is 776 g/mol. The number of allylic oxidation sites excluding steroid dienone is 10. The van der Waals surface area contributed by atoms with Crippen molar-refractivity contribution in [3.63, 3.8) is 0 Å². The summed E-state index contributed by atoms with van der Waals surface area (Å²) in [5.74, 6) is 1.77. The minimum absolute atomic E-state index is 0.107. The molecule has 5 heteroatoms. The molecular weight excluding hydrogens is 719 g/mol. The summed E-state index contributed by atoms with van der Waals surface area (Å²) in [4.78, 5) is 28.1. The van der Waals surface area contributed by atoms with Crippen LogP contribution in [0, 0.1) is 21.7 Å². The Morgan fingerprint density at radius 3 is 1.00 bits per heavy atom. The molecule has 278 valence electrons. The van der Waals surface area contributed by atoms with E-state index in [0.29, 0.717) is 0 Å². The van der Waals surface area contributed by atoms with E-state index >= 15 is 0 Å². The van der Waals surface area contributed by atoms with Crippen LogP contribution in [0.5, 0.6) is 11.5 Å². The van der Waals surface area contributed by atoms with Crippen molar-refractivity contribution in [3.8, 4) is 11.5 Å². The van der Waals surface area contributed by atoms with Gasteiger partial charge >= 0.3 is 325 Å². The van der Waals surface area contributed by atoms with Gasteiger partial charge < -0.3 is 0 Å². The molecule has 1 heterocycles. The summed E-state index contributed by atoms with van der Waals surface area (Å²) in [5.41, 5.74) is 7.88. The third kappa shape index (κ3) is 8.17. The summed E-state index contributed by atoms with van der Waals surface area (Å²) in [5, 5.41) is 0. The average molecular weight is 776 g/mol. The van der Waals surface area contributed by atoms with E-state index in [2.05, 4.69) is 132 Å². The topological polar surface area (TPSA) is 52.6 Å². The van der Waals surface area contributed by atoms with Crippen LogP contribution in [0.25, 0.3) is 11.1 Å². The van der Waals surface area contributed by atoms with Crippen molar-refractivity contribution in [2.75, 3.05) is 14.2 Å². The zero-order valence-electron chi connectivity index (χ0n) is 34.1. The Morgan fingerprint density at radius 2 is 0.736 bits per heavy atom. The standard InChI is InChI=1S/C48H56O4Se/c1-45(2,3)33-25-29(26-34(43(33)49)46(4,5)6)41(31-19-15-17-21-37(31)51-13)39-23-24-40(53-39)42(32-20-16-18-22-38(32)52-14)30-27-35(47(7,8)9)44(50)36(28-30)48(10,11)12/h15-28H,1-14H3. The fraction of sp³-hybridized carbons (Fsp3) is 0.375. The SMILES string of the molecule is COc1ccccc1C(=C1C=C(C(C)(C)C)C(=O)C(C(C)(C)C)=C1)c1ccc(C(=C2C=C(C(C)(C)C)C(=O)C(C(C)(C)C)=C2)c2ccccc2OC)[se]1. The normalized spacial score (nSPS) is 15.8. The predicted molar refractivity (Wildman–Crippen MR) is 222 cm³/mol. The van der Waals surface area contributed by atoms with Gasteiger partial charge in [0, 0.05) is 0 Å². The Morgan fingerprint density at radius 1 is 0.453 bits per heavy atom. The van der Waals surface area contributed by atoms with Crippen LogP contribution in [-0.2, 0) is 9.59 Å². The number of ketones is 2. The Kier molecular flexibility index (Phi) is 11.0.